The van der Waals surface area contributed by atoms with Crippen molar-refractivity contribution in [1.29, 1.82) is 0 Å². The van der Waals surface area contributed by atoms with E-state index in [0.29, 0.717) is 0 Å². The number of rotatable bonds is 8. The molecule has 1 heteroatoms. The zero-order chi connectivity index (χ0) is 40.5. The normalized spacial score (nSPS) is 11.3. The number of nitrogens with zero attached hydrogens (tertiary/aromatic N) is 1. The lowest BCUT2D eigenvalue weighted by atomic mass is 9.93. The van der Waals surface area contributed by atoms with Gasteiger partial charge in [0.05, 0.1) is 0 Å². The first-order valence-corrected chi connectivity index (χ1v) is 21.0. The number of fused-ring (bicyclic) bond motifs is 4. The fourth-order valence-electron chi connectivity index (χ4n) is 8.99. The quantitative estimate of drug-likeness (QED) is 0.139. The van der Waals surface area contributed by atoms with Crippen LogP contribution in [0, 0.1) is 0 Å². The summed E-state index contributed by atoms with van der Waals surface area (Å²) in [5, 5.41) is 7.59. The first-order chi connectivity index (χ1) is 30.2. The Morgan fingerprint density at radius 1 is 0.197 bits per heavy atom. The van der Waals surface area contributed by atoms with Gasteiger partial charge in [-0.2, -0.15) is 0 Å². The summed E-state index contributed by atoms with van der Waals surface area (Å²) in [4.78, 5) is 2.36. The van der Waals surface area contributed by atoms with Crippen molar-refractivity contribution < 1.29 is 0 Å². The van der Waals surface area contributed by atoms with Crippen LogP contribution in [0.25, 0.3) is 88.0 Å². The minimum absolute atomic E-state index is 1.09. The number of hydrogen-bond acceptors (Lipinski definition) is 1. The van der Waals surface area contributed by atoms with Crippen LogP contribution in [0.1, 0.15) is 0 Å². The van der Waals surface area contributed by atoms with Gasteiger partial charge in [0.2, 0.25) is 0 Å². The van der Waals surface area contributed by atoms with E-state index in [1.54, 1.807) is 0 Å². The van der Waals surface area contributed by atoms with Crippen molar-refractivity contribution in [2.24, 2.45) is 0 Å². The fraction of sp³-hybridized carbons (Fsp3) is 0. The molecular weight excluding hydrogens is 735 g/mol. The molecule has 0 saturated carbocycles. The predicted molar refractivity (Wildman–Crippen MR) is 261 cm³/mol. The van der Waals surface area contributed by atoms with Gasteiger partial charge in [-0.3, -0.25) is 0 Å². The fourth-order valence-corrected chi connectivity index (χ4v) is 8.99. The van der Waals surface area contributed by atoms with Crippen molar-refractivity contribution in [3.05, 3.63) is 249 Å². The molecule has 0 unspecified atom stereocenters. The first kappa shape index (κ1) is 36.1. The van der Waals surface area contributed by atoms with E-state index in [2.05, 4.69) is 254 Å². The lowest BCUT2D eigenvalue weighted by Crippen LogP contribution is -2.09. The van der Waals surface area contributed by atoms with Crippen LogP contribution in [0.2, 0.25) is 0 Å². The minimum atomic E-state index is 1.09. The maximum atomic E-state index is 2.36. The molecule has 0 fully saturated rings. The van der Waals surface area contributed by atoms with E-state index in [0.717, 1.165) is 17.1 Å². The van der Waals surface area contributed by atoms with E-state index < -0.39 is 0 Å². The molecular formula is C60H41N. The summed E-state index contributed by atoms with van der Waals surface area (Å²) in [7, 11) is 0. The summed E-state index contributed by atoms with van der Waals surface area (Å²) < 4.78 is 0. The van der Waals surface area contributed by atoms with Gasteiger partial charge >= 0.3 is 0 Å². The van der Waals surface area contributed by atoms with Gasteiger partial charge in [0.15, 0.2) is 0 Å². The number of hydrogen-bond donors (Lipinski definition) is 0. The summed E-state index contributed by atoms with van der Waals surface area (Å²) in [6.45, 7) is 0. The molecule has 0 aliphatic heterocycles. The van der Waals surface area contributed by atoms with Crippen molar-refractivity contribution in [2.45, 2.75) is 0 Å². The average Bonchev–Trinajstić information content (AvgIpc) is 3.35. The molecule has 0 heterocycles. The third-order valence-electron chi connectivity index (χ3n) is 12.1. The maximum absolute atomic E-state index is 2.36. The number of benzene rings is 11. The lowest BCUT2D eigenvalue weighted by Gasteiger charge is -2.26. The highest BCUT2D eigenvalue weighted by molar-refractivity contribution is 6.13. The molecule has 11 rings (SSSR count). The molecule has 11 aromatic carbocycles. The van der Waals surface area contributed by atoms with Gasteiger partial charge in [-0.15, -0.1) is 0 Å². The van der Waals surface area contributed by atoms with Gasteiger partial charge in [-0.25, -0.2) is 0 Å². The predicted octanol–water partition coefficient (Wildman–Crippen LogP) is 17.0. The molecule has 0 radical (unpaired) electrons. The van der Waals surface area contributed by atoms with Crippen LogP contribution in [0.4, 0.5) is 17.1 Å². The Kier molecular flexibility index (Phi) is 9.26. The van der Waals surface area contributed by atoms with Crippen molar-refractivity contribution in [3.8, 4) is 55.6 Å². The molecule has 0 aromatic heterocycles. The van der Waals surface area contributed by atoms with Crippen LogP contribution in [0.3, 0.4) is 0 Å². The highest BCUT2D eigenvalue weighted by atomic mass is 15.1. The minimum Gasteiger partial charge on any atom is -0.311 e. The van der Waals surface area contributed by atoms with Crippen LogP contribution in [0.15, 0.2) is 249 Å². The second-order valence-corrected chi connectivity index (χ2v) is 15.7. The van der Waals surface area contributed by atoms with Crippen LogP contribution in [0.5, 0.6) is 0 Å². The SMILES string of the molecule is c1ccc(-c2cccc(-c3ccc(N(c4ccc(-c5cccc(-c6cccc7ccccc67)c5)cc4)c4ccc(-c5cc6ccccc6c6ccccc56)cc4)cc3)c2)cc1. The van der Waals surface area contributed by atoms with Gasteiger partial charge in [0.25, 0.3) is 0 Å². The molecule has 0 aliphatic rings. The van der Waals surface area contributed by atoms with E-state index >= 15 is 0 Å². The van der Waals surface area contributed by atoms with Crippen LogP contribution < -0.4 is 4.90 Å². The van der Waals surface area contributed by atoms with Crippen molar-refractivity contribution in [3.63, 3.8) is 0 Å². The van der Waals surface area contributed by atoms with Crippen molar-refractivity contribution >= 4 is 49.4 Å². The molecule has 0 N–H and O–H groups in total. The summed E-state index contributed by atoms with van der Waals surface area (Å²) in [5.74, 6) is 0. The summed E-state index contributed by atoms with van der Waals surface area (Å²) in [6, 6.07) is 90.3. The van der Waals surface area contributed by atoms with Crippen molar-refractivity contribution in [2.75, 3.05) is 4.90 Å². The molecule has 0 saturated heterocycles. The highest BCUT2D eigenvalue weighted by Crippen LogP contribution is 2.41. The van der Waals surface area contributed by atoms with E-state index in [9.17, 15) is 0 Å². The zero-order valence-electron chi connectivity index (χ0n) is 33.6. The highest BCUT2D eigenvalue weighted by Gasteiger charge is 2.16. The zero-order valence-corrected chi connectivity index (χ0v) is 33.6. The van der Waals surface area contributed by atoms with Gasteiger partial charge in [0.1, 0.15) is 0 Å². The molecule has 0 bridgehead atoms. The molecule has 0 spiro atoms. The topological polar surface area (TPSA) is 3.24 Å². The van der Waals surface area contributed by atoms with E-state index in [-0.39, 0.29) is 0 Å². The van der Waals surface area contributed by atoms with Crippen LogP contribution in [-0.2, 0) is 0 Å². The van der Waals surface area contributed by atoms with Gasteiger partial charge < -0.3 is 4.90 Å². The Hall–Kier alpha value is -8.00. The Balaban J connectivity index is 0.971. The summed E-state index contributed by atoms with van der Waals surface area (Å²) in [5.41, 5.74) is 15.4. The van der Waals surface area contributed by atoms with Gasteiger partial charge in [0, 0.05) is 17.1 Å². The van der Waals surface area contributed by atoms with Crippen LogP contribution in [-0.4, -0.2) is 0 Å². The molecule has 0 atom stereocenters. The van der Waals surface area contributed by atoms with Crippen molar-refractivity contribution in [1.82, 2.24) is 0 Å². The Labute approximate surface area is 357 Å². The molecule has 0 amide bonds. The molecule has 11 aromatic rings. The van der Waals surface area contributed by atoms with E-state index in [4.69, 9.17) is 0 Å². The molecule has 0 aliphatic carbocycles. The average molecular weight is 776 g/mol. The number of anilines is 3. The summed E-state index contributed by atoms with van der Waals surface area (Å²) in [6.07, 6.45) is 0. The third-order valence-corrected chi connectivity index (χ3v) is 12.1. The maximum Gasteiger partial charge on any atom is 0.0462 e. The van der Waals surface area contributed by atoms with Crippen LogP contribution >= 0.6 is 0 Å². The Morgan fingerprint density at radius 2 is 0.607 bits per heavy atom. The molecule has 1 nitrogen and oxygen atoms in total. The standard InChI is InChI=1S/C60H41N/c1-2-13-42(14-3-1)47-18-10-19-48(39-47)43-27-33-52(34-28-43)61(54-37-31-46(32-38-54)60-41-51-16-5-7-23-57(51)58-24-8-9-25-59(58)60)53-35-29-44(30-36-53)49-20-11-21-50(40-49)56-26-12-17-45-15-4-6-22-55(45)56/h1-41H. The second kappa shape index (κ2) is 15.6. The third kappa shape index (κ3) is 6.93. The lowest BCUT2D eigenvalue weighted by molar-refractivity contribution is 1.28. The Bertz CT molecular complexity index is 3320. The first-order valence-electron chi connectivity index (χ1n) is 21.0. The monoisotopic (exact) mass is 775 g/mol. The Morgan fingerprint density at radius 3 is 1.23 bits per heavy atom. The van der Waals surface area contributed by atoms with E-state index in [1.165, 1.54) is 88.0 Å². The second-order valence-electron chi connectivity index (χ2n) is 15.7. The molecule has 61 heavy (non-hydrogen) atoms. The largest absolute Gasteiger partial charge is 0.311 e. The van der Waals surface area contributed by atoms with Gasteiger partial charge in [-0.1, -0.05) is 194 Å². The smallest absolute Gasteiger partial charge is 0.0462 e. The summed E-state index contributed by atoms with van der Waals surface area (Å²) >= 11 is 0. The molecule has 286 valence electrons. The van der Waals surface area contributed by atoms with E-state index in [1.807, 2.05) is 0 Å². The van der Waals surface area contributed by atoms with Gasteiger partial charge in [-0.05, 0) is 143 Å².